The lowest BCUT2D eigenvalue weighted by Gasteiger charge is -2.13. The third-order valence-electron chi connectivity index (χ3n) is 7.22. The maximum atomic E-state index is 5.25. The molecule has 0 spiro atoms. The largest absolute Gasteiger partial charge is 0.278 e. The van der Waals surface area contributed by atoms with Crippen LogP contribution in [-0.4, -0.2) is 14.5 Å². The van der Waals surface area contributed by atoms with Crippen LogP contribution >= 0.6 is 0 Å². The van der Waals surface area contributed by atoms with Crippen LogP contribution in [0, 0.1) is 20.8 Å². The topological polar surface area (TPSA) is 30.7 Å². The summed E-state index contributed by atoms with van der Waals surface area (Å²) in [7, 11) is 0. The molecule has 0 amide bonds. The molecule has 0 saturated carbocycles. The Kier molecular flexibility index (Phi) is 4.49. The van der Waals surface area contributed by atoms with E-state index in [9.17, 15) is 0 Å². The first-order chi connectivity index (χ1) is 17.6. The Morgan fingerprint density at radius 1 is 0.583 bits per heavy atom. The summed E-state index contributed by atoms with van der Waals surface area (Å²) in [6.07, 6.45) is 0. The minimum absolute atomic E-state index is 0.701. The molecule has 2 heterocycles. The normalized spacial score (nSPS) is 11.8. The zero-order valence-corrected chi connectivity index (χ0v) is 20.6. The van der Waals surface area contributed by atoms with Gasteiger partial charge in [-0.2, -0.15) is 0 Å². The molecule has 5 aromatic carbocycles. The van der Waals surface area contributed by atoms with E-state index in [0.717, 1.165) is 38.8 Å². The predicted octanol–water partition coefficient (Wildman–Crippen LogP) is 8.47. The minimum Gasteiger partial charge on any atom is -0.278 e. The molecular formula is C33H25N3. The summed E-state index contributed by atoms with van der Waals surface area (Å²) < 4.78 is 2.24. The third-order valence-corrected chi connectivity index (χ3v) is 7.22. The van der Waals surface area contributed by atoms with Gasteiger partial charge in [0.2, 0.25) is 5.95 Å². The lowest BCUT2D eigenvalue weighted by Crippen LogP contribution is -2.04. The maximum Gasteiger partial charge on any atom is 0.235 e. The molecule has 3 nitrogen and oxygen atoms in total. The maximum absolute atomic E-state index is 5.25. The van der Waals surface area contributed by atoms with Crippen LogP contribution in [0.4, 0.5) is 0 Å². The van der Waals surface area contributed by atoms with Crippen molar-refractivity contribution in [3.63, 3.8) is 0 Å². The fourth-order valence-electron chi connectivity index (χ4n) is 5.52. The highest BCUT2D eigenvalue weighted by Crippen LogP contribution is 2.38. The Morgan fingerprint density at radius 3 is 2.25 bits per heavy atom. The van der Waals surface area contributed by atoms with Crippen molar-refractivity contribution in [3.05, 3.63) is 114 Å². The van der Waals surface area contributed by atoms with Crippen molar-refractivity contribution in [2.75, 3.05) is 0 Å². The fraction of sp³-hybridized carbons (Fsp3) is 0.0909. The van der Waals surface area contributed by atoms with Gasteiger partial charge in [0, 0.05) is 21.7 Å². The summed E-state index contributed by atoms with van der Waals surface area (Å²) >= 11 is 0. The summed E-state index contributed by atoms with van der Waals surface area (Å²) in [5.41, 5.74) is 8.90. The molecule has 172 valence electrons. The van der Waals surface area contributed by atoms with Gasteiger partial charge in [-0.05, 0) is 61.4 Å². The highest BCUT2D eigenvalue weighted by Gasteiger charge is 2.19. The summed E-state index contributed by atoms with van der Waals surface area (Å²) in [4.78, 5) is 10.4. The van der Waals surface area contributed by atoms with E-state index < -0.39 is 0 Å². The number of para-hydroxylation sites is 1. The van der Waals surface area contributed by atoms with Gasteiger partial charge < -0.3 is 0 Å². The van der Waals surface area contributed by atoms with Crippen molar-refractivity contribution in [2.45, 2.75) is 20.8 Å². The van der Waals surface area contributed by atoms with Gasteiger partial charge in [0.05, 0.1) is 22.2 Å². The van der Waals surface area contributed by atoms with Crippen molar-refractivity contribution < 1.29 is 0 Å². The summed E-state index contributed by atoms with van der Waals surface area (Å²) in [5, 5.41) is 6.04. The van der Waals surface area contributed by atoms with E-state index in [-0.39, 0.29) is 0 Å². The molecule has 7 rings (SSSR count). The standard InChI is InChI=1S/C33H25N3/c1-20-8-6-11-24(18-20)32-26-13-7-9-22(3)31(26)34-33(35-32)36-28-16-14-21(2)19-27(28)30-25-12-5-4-10-23(25)15-17-29(30)36/h4-19H,1-3H3. The zero-order chi connectivity index (χ0) is 24.4. The van der Waals surface area contributed by atoms with Crippen LogP contribution in [0.5, 0.6) is 0 Å². The van der Waals surface area contributed by atoms with Crippen LogP contribution in [0.25, 0.3) is 60.7 Å². The summed E-state index contributed by atoms with van der Waals surface area (Å²) in [6.45, 7) is 6.40. The van der Waals surface area contributed by atoms with E-state index >= 15 is 0 Å². The van der Waals surface area contributed by atoms with Crippen LogP contribution in [0.15, 0.2) is 97.1 Å². The molecule has 0 radical (unpaired) electrons. The number of hydrogen-bond acceptors (Lipinski definition) is 2. The number of fused-ring (bicyclic) bond motifs is 6. The molecule has 0 aliphatic rings. The molecule has 36 heavy (non-hydrogen) atoms. The van der Waals surface area contributed by atoms with Crippen LogP contribution < -0.4 is 0 Å². The lowest BCUT2D eigenvalue weighted by molar-refractivity contribution is 1.01. The monoisotopic (exact) mass is 463 g/mol. The smallest absolute Gasteiger partial charge is 0.235 e. The van der Waals surface area contributed by atoms with Gasteiger partial charge in [0.1, 0.15) is 0 Å². The van der Waals surface area contributed by atoms with Crippen molar-refractivity contribution >= 4 is 43.5 Å². The van der Waals surface area contributed by atoms with Crippen LogP contribution in [0.1, 0.15) is 16.7 Å². The van der Waals surface area contributed by atoms with Crippen LogP contribution in [0.2, 0.25) is 0 Å². The first-order valence-corrected chi connectivity index (χ1v) is 12.4. The van der Waals surface area contributed by atoms with E-state index in [1.54, 1.807) is 0 Å². The molecule has 0 bridgehead atoms. The Hall–Kier alpha value is -4.50. The highest BCUT2D eigenvalue weighted by molar-refractivity contribution is 6.21. The average Bonchev–Trinajstić information content (AvgIpc) is 3.22. The van der Waals surface area contributed by atoms with E-state index in [2.05, 4.69) is 122 Å². The number of rotatable bonds is 2. The Morgan fingerprint density at radius 2 is 1.36 bits per heavy atom. The summed E-state index contributed by atoms with van der Waals surface area (Å²) in [6, 6.07) is 34.6. The molecule has 0 aliphatic carbocycles. The Labute approximate surface area is 209 Å². The molecule has 7 aromatic rings. The highest BCUT2D eigenvalue weighted by atomic mass is 15.2. The lowest BCUT2D eigenvalue weighted by atomic mass is 10.0. The predicted molar refractivity (Wildman–Crippen MR) is 151 cm³/mol. The van der Waals surface area contributed by atoms with E-state index in [1.807, 2.05) is 0 Å². The minimum atomic E-state index is 0.701. The Balaban J connectivity index is 1.66. The second-order valence-electron chi connectivity index (χ2n) is 9.75. The van der Waals surface area contributed by atoms with Gasteiger partial charge in [-0.3, -0.25) is 4.57 Å². The average molecular weight is 464 g/mol. The second-order valence-corrected chi connectivity index (χ2v) is 9.75. The quantitative estimate of drug-likeness (QED) is 0.257. The number of aromatic nitrogens is 3. The third kappa shape index (κ3) is 3.06. The molecule has 0 aliphatic heterocycles. The van der Waals surface area contributed by atoms with Gasteiger partial charge in [-0.1, -0.05) is 83.9 Å². The molecule has 2 aromatic heterocycles. The van der Waals surface area contributed by atoms with Crippen LogP contribution in [-0.2, 0) is 0 Å². The van der Waals surface area contributed by atoms with Gasteiger partial charge >= 0.3 is 0 Å². The van der Waals surface area contributed by atoms with Crippen molar-refractivity contribution in [1.82, 2.24) is 14.5 Å². The van der Waals surface area contributed by atoms with E-state index in [1.165, 1.54) is 32.7 Å². The second kappa shape index (κ2) is 7.76. The Bertz CT molecular complexity index is 1980. The number of hydrogen-bond donors (Lipinski definition) is 0. The molecule has 0 N–H and O–H groups in total. The van der Waals surface area contributed by atoms with Crippen molar-refractivity contribution in [2.24, 2.45) is 0 Å². The van der Waals surface area contributed by atoms with Crippen LogP contribution in [0.3, 0.4) is 0 Å². The SMILES string of the molecule is Cc1cccc(-c2nc(-n3c4ccc(C)cc4c4c5ccccc5ccc43)nc3c(C)cccc23)c1. The van der Waals surface area contributed by atoms with Gasteiger partial charge in [0.15, 0.2) is 0 Å². The summed E-state index contributed by atoms with van der Waals surface area (Å²) in [5.74, 6) is 0.701. The van der Waals surface area contributed by atoms with Gasteiger partial charge in [-0.25, -0.2) is 9.97 Å². The number of aryl methyl sites for hydroxylation is 3. The molecule has 0 saturated heterocycles. The van der Waals surface area contributed by atoms with E-state index in [0.29, 0.717) is 5.95 Å². The van der Waals surface area contributed by atoms with Gasteiger partial charge in [0.25, 0.3) is 0 Å². The molecule has 0 atom stereocenters. The van der Waals surface area contributed by atoms with E-state index in [4.69, 9.17) is 9.97 Å². The first-order valence-electron chi connectivity index (χ1n) is 12.4. The number of nitrogens with zero attached hydrogens (tertiary/aromatic N) is 3. The van der Waals surface area contributed by atoms with Crippen molar-refractivity contribution in [1.29, 1.82) is 0 Å². The molecule has 3 heteroatoms. The fourth-order valence-corrected chi connectivity index (χ4v) is 5.52. The molecule has 0 fully saturated rings. The molecular weight excluding hydrogens is 438 g/mol. The molecule has 0 unspecified atom stereocenters. The zero-order valence-electron chi connectivity index (χ0n) is 20.6. The first kappa shape index (κ1) is 20.8. The number of benzene rings is 5. The van der Waals surface area contributed by atoms with Crippen molar-refractivity contribution in [3.8, 4) is 17.2 Å². The van der Waals surface area contributed by atoms with Gasteiger partial charge in [-0.15, -0.1) is 0 Å².